The SMILES string of the molecule is Cn1c(CCCC(=O)O)nc2ccc(Cl)cc21. The van der Waals surface area contributed by atoms with E-state index in [9.17, 15) is 4.79 Å². The molecule has 0 radical (unpaired) electrons. The van der Waals surface area contributed by atoms with Gasteiger partial charge in [-0.2, -0.15) is 0 Å². The van der Waals surface area contributed by atoms with Gasteiger partial charge in [0.25, 0.3) is 0 Å². The maximum Gasteiger partial charge on any atom is 0.303 e. The summed E-state index contributed by atoms with van der Waals surface area (Å²) in [5.41, 5.74) is 1.87. The second-order valence-electron chi connectivity index (χ2n) is 3.97. The van der Waals surface area contributed by atoms with E-state index in [4.69, 9.17) is 16.7 Å². The summed E-state index contributed by atoms with van der Waals surface area (Å²) in [6.45, 7) is 0. The molecule has 0 atom stereocenters. The van der Waals surface area contributed by atoms with Crippen LogP contribution in [0.25, 0.3) is 11.0 Å². The van der Waals surface area contributed by atoms with Crippen molar-refractivity contribution in [1.82, 2.24) is 9.55 Å². The molecule has 4 nitrogen and oxygen atoms in total. The number of halogens is 1. The molecule has 0 saturated carbocycles. The van der Waals surface area contributed by atoms with Crippen molar-refractivity contribution in [3.8, 4) is 0 Å². The van der Waals surface area contributed by atoms with E-state index < -0.39 is 5.97 Å². The van der Waals surface area contributed by atoms with E-state index in [0.717, 1.165) is 16.9 Å². The first-order valence-electron chi connectivity index (χ1n) is 5.40. The standard InChI is InChI=1S/C12H13ClN2O2/c1-15-10-7-8(13)5-6-9(10)14-11(15)3-2-4-12(16)17/h5-7H,2-4H2,1H3,(H,16,17). The molecule has 1 N–H and O–H groups in total. The quantitative estimate of drug-likeness (QED) is 0.910. The van der Waals surface area contributed by atoms with Gasteiger partial charge in [-0.15, -0.1) is 0 Å². The molecule has 1 heterocycles. The van der Waals surface area contributed by atoms with Crippen molar-refractivity contribution in [1.29, 1.82) is 0 Å². The van der Waals surface area contributed by atoms with E-state index >= 15 is 0 Å². The Morgan fingerprint density at radius 1 is 1.53 bits per heavy atom. The Hall–Kier alpha value is -1.55. The lowest BCUT2D eigenvalue weighted by atomic mass is 10.2. The van der Waals surface area contributed by atoms with Crippen molar-refractivity contribution in [2.45, 2.75) is 19.3 Å². The Morgan fingerprint density at radius 2 is 2.29 bits per heavy atom. The number of nitrogens with zero attached hydrogens (tertiary/aromatic N) is 2. The van der Waals surface area contributed by atoms with Gasteiger partial charge in [0.15, 0.2) is 0 Å². The van der Waals surface area contributed by atoms with Gasteiger partial charge in [0.05, 0.1) is 11.0 Å². The highest BCUT2D eigenvalue weighted by atomic mass is 35.5. The number of rotatable bonds is 4. The van der Waals surface area contributed by atoms with Crippen LogP contribution in [0.15, 0.2) is 18.2 Å². The molecule has 0 amide bonds. The second-order valence-corrected chi connectivity index (χ2v) is 4.40. The summed E-state index contributed by atoms with van der Waals surface area (Å²) in [7, 11) is 1.92. The van der Waals surface area contributed by atoms with Crippen molar-refractivity contribution < 1.29 is 9.90 Å². The molecular weight excluding hydrogens is 240 g/mol. The van der Waals surface area contributed by atoms with Crippen LogP contribution in [-0.2, 0) is 18.3 Å². The molecule has 0 spiro atoms. The zero-order chi connectivity index (χ0) is 12.4. The predicted molar refractivity (Wildman–Crippen MR) is 66.3 cm³/mol. The average molecular weight is 253 g/mol. The normalized spacial score (nSPS) is 10.9. The molecule has 0 aliphatic rings. The van der Waals surface area contributed by atoms with Crippen LogP contribution >= 0.6 is 11.6 Å². The molecule has 0 aliphatic heterocycles. The van der Waals surface area contributed by atoms with E-state index in [2.05, 4.69) is 4.98 Å². The first kappa shape index (κ1) is 11.9. The van der Waals surface area contributed by atoms with Crippen LogP contribution in [0.2, 0.25) is 5.02 Å². The molecule has 0 fully saturated rings. The van der Waals surface area contributed by atoms with Crippen LogP contribution in [0.1, 0.15) is 18.7 Å². The van der Waals surface area contributed by atoms with E-state index in [0.29, 0.717) is 17.9 Å². The van der Waals surface area contributed by atoms with Gasteiger partial charge < -0.3 is 9.67 Å². The van der Waals surface area contributed by atoms with Gasteiger partial charge in [-0.05, 0) is 24.6 Å². The molecule has 1 aromatic carbocycles. The zero-order valence-electron chi connectivity index (χ0n) is 9.48. The summed E-state index contributed by atoms with van der Waals surface area (Å²) in [6, 6.07) is 5.54. The van der Waals surface area contributed by atoms with Gasteiger partial charge in [0.2, 0.25) is 0 Å². The summed E-state index contributed by atoms with van der Waals surface area (Å²) < 4.78 is 1.96. The van der Waals surface area contributed by atoms with Crippen LogP contribution in [0, 0.1) is 0 Å². The van der Waals surface area contributed by atoms with Gasteiger partial charge in [-0.25, -0.2) is 4.98 Å². The Labute approximate surface area is 104 Å². The lowest BCUT2D eigenvalue weighted by Crippen LogP contribution is -2.01. The minimum absolute atomic E-state index is 0.171. The molecular formula is C12H13ClN2O2. The van der Waals surface area contributed by atoms with Gasteiger partial charge >= 0.3 is 5.97 Å². The summed E-state index contributed by atoms with van der Waals surface area (Å²) in [5.74, 6) is 0.121. The van der Waals surface area contributed by atoms with Gasteiger partial charge in [0, 0.05) is 24.9 Å². The van der Waals surface area contributed by atoms with E-state index in [1.54, 1.807) is 6.07 Å². The minimum atomic E-state index is -0.771. The number of carboxylic acid groups (broad SMARTS) is 1. The molecule has 17 heavy (non-hydrogen) atoms. The van der Waals surface area contributed by atoms with Crippen LogP contribution in [0.4, 0.5) is 0 Å². The Balaban J connectivity index is 2.23. The fourth-order valence-corrected chi connectivity index (χ4v) is 2.00. The van der Waals surface area contributed by atoms with Gasteiger partial charge in [-0.1, -0.05) is 11.6 Å². The number of aliphatic carboxylic acids is 1. The van der Waals surface area contributed by atoms with Crippen molar-refractivity contribution in [2.24, 2.45) is 7.05 Å². The lowest BCUT2D eigenvalue weighted by molar-refractivity contribution is -0.137. The third kappa shape index (κ3) is 2.58. The van der Waals surface area contributed by atoms with Crippen LogP contribution in [-0.4, -0.2) is 20.6 Å². The molecule has 0 unspecified atom stereocenters. The van der Waals surface area contributed by atoms with Crippen LogP contribution in [0.5, 0.6) is 0 Å². The minimum Gasteiger partial charge on any atom is -0.481 e. The van der Waals surface area contributed by atoms with E-state index in [-0.39, 0.29) is 6.42 Å². The second kappa shape index (κ2) is 4.75. The maximum atomic E-state index is 10.4. The Kier molecular flexibility index (Phi) is 3.33. The summed E-state index contributed by atoms with van der Waals surface area (Å²) in [6.07, 6.45) is 1.43. The molecule has 0 bridgehead atoms. The number of hydrogen-bond donors (Lipinski definition) is 1. The van der Waals surface area contributed by atoms with Crippen LogP contribution in [0.3, 0.4) is 0 Å². The highest BCUT2D eigenvalue weighted by Crippen LogP contribution is 2.20. The summed E-state index contributed by atoms with van der Waals surface area (Å²) in [5, 5.41) is 9.27. The molecule has 1 aromatic heterocycles. The largest absolute Gasteiger partial charge is 0.481 e. The van der Waals surface area contributed by atoms with Crippen molar-refractivity contribution in [3.63, 3.8) is 0 Å². The highest BCUT2D eigenvalue weighted by Gasteiger charge is 2.08. The predicted octanol–water partition coefficient (Wildman–Crippen LogP) is 2.63. The van der Waals surface area contributed by atoms with Gasteiger partial charge in [0.1, 0.15) is 5.82 Å². The first-order valence-corrected chi connectivity index (χ1v) is 5.78. The number of carboxylic acids is 1. The van der Waals surface area contributed by atoms with E-state index in [1.165, 1.54) is 0 Å². The van der Waals surface area contributed by atoms with Crippen LogP contribution < -0.4 is 0 Å². The number of fused-ring (bicyclic) bond motifs is 1. The van der Waals surface area contributed by atoms with Gasteiger partial charge in [-0.3, -0.25) is 4.79 Å². The summed E-state index contributed by atoms with van der Waals surface area (Å²) in [4.78, 5) is 14.9. The molecule has 0 aliphatic carbocycles. The van der Waals surface area contributed by atoms with Crippen molar-refractivity contribution in [3.05, 3.63) is 29.0 Å². The van der Waals surface area contributed by atoms with Crippen molar-refractivity contribution in [2.75, 3.05) is 0 Å². The topological polar surface area (TPSA) is 55.1 Å². The third-order valence-electron chi connectivity index (χ3n) is 2.73. The Morgan fingerprint density at radius 3 is 3.00 bits per heavy atom. The number of benzene rings is 1. The maximum absolute atomic E-state index is 10.4. The monoisotopic (exact) mass is 252 g/mol. The number of carbonyl (C=O) groups is 1. The first-order chi connectivity index (χ1) is 8.08. The average Bonchev–Trinajstić information content (AvgIpc) is 2.56. The molecule has 2 rings (SSSR count). The Bertz CT molecular complexity index is 563. The van der Waals surface area contributed by atoms with E-state index in [1.807, 2.05) is 23.7 Å². The molecule has 90 valence electrons. The van der Waals surface area contributed by atoms with Crippen molar-refractivity contribution >= 4 is 28.6 Å². The lowest BCUT2D eigenvalue weighted by Gasteiger charge is -2.01. The number of aromatic nitrogens is 2. The summed E-state index contributed by atoms with van der Waals surface area (Å²) >= 11 is 5.93. The number of aryl methyl sites for hydroxylation is 2. The zero-order valence-corrected chi connectivity index (χ0v) is 10.2. The number of hydrogen-bond acceptors (Lipinski definition) is 2. The molecule has 0 saturated heterocycles. The number of imidazole rings is 1. The fourth-order valence-electron chi connectivity index (χ4n) is 1.83. The third-order valence-corrected chi connectivity index (χ3v) is 2.96. The smallest absolute Gasteiger partial charge is 0.303 e. The molecule has 5 heteroatoms. The molecule has 2 aromatic rings. The highest BCUT2D eigenvalue weighted by molar-refractivity contribution is 6.31. The fraction of sp³-hybridized carbons (Fsp3) is 0.333.